The van der Waals surface area contributed by atoms with Crippen LogP contribution in [0.5, 0.6) is 0 Å². The van der Waals surface area contributed by atoms with E-state index in [2.05, 4.69) is 15.2 Å². The molecular formula is C23H26N4O4. The zero-order valence-electron chi connectivity index (χ0n) is 17.9. The maximum absolute atomic E-state index is 12.6. The molecule has 1 aliphatic rings. The van der Waals surface area contributed by atoms with Gasteiger partial charge < -0.3 is 24.7 Å². The van der Waals surface area contributed by atoms with Crippen LogP contribution in [0, 0.1) is 25.2 Å². The second-order valence-electron chi connectivity index (χ2n) is 7.15. The third-order valence-corrected chi connectivity index (χ3v) is 5.11. The van der Waals surface area contributed by atoms with Gasteiger partial charge in [-0.2, -0.15) is 5.26 Å². The van der Waals surface area contributed by atoms with E-state index in [0.717, 1.165) is 18.8 Å². The number of aromatic amines is 1. The first-order chi connectivity index (χ1) is 14.9. The molecule has 0 radical (unpaired) electrons. The fraction of sp³-hybridized carbons (Fsp3) is 0.348. The first-order valence-electron chi connectivity index (χ1n) is 10.2. The van der Waals surface area contributed by atoms with Gasteiger partial charge >= 0.3 is 5.97 Å². The molecule has 0 aliphatic carbocycles. The predicted octanol–water partition coefficient (Wildman–Crippen LogP) is 3.19. The number of nitriles is 1. The normalized spacial score (nSPS) is 14.1. The molecule has 162 valence electrons. The highest BCUT2D eigenvalue weighted by Crippen LogP contribution is 2.22. The van der Waals surface area contributed by atoms with Crippen LogP contribution < -0.4 is 10.2 Å². The number of ether oxygens (including phenoxy) is 2. The number of anilines is 2. The van der Waals surface area contributed by atoms with Crippen molar-refractivity contribution in [1.82, 2.24) is 4.98 Å². The topological polar surface area (TPSA) is 107 Å². The monoisotopic (exact) mass is 422 g/mol. The first kappa shape index (κ1) is 22.1. The molecule has 1 amide bonds. The molecule has 31 heavy (non-hydrogen) atoms. The van der Waals surface area contributed by atoms with Gasteiger partial charge in [-0.1, -0.05) is 0 Å². The minimum atomic E-state index is -0.522. The molecule has 0 atom stereocenters. The summed E-state index contributed by atoms with van der Waals surface area (Å²) in [5.74, 6) is -0.956. The van der Waals surface area contributed by atoms with Crippen molar-refractivity contribution >= 4 is 29.3 Å². The maximum atomic E-state index is 12.6. The van der Waals surface area contributed by atoms with Gasteiger partial charge in [0.1, 0.15) is 11.6 Å². The second-order valence-corrected chi connectivity index (χ2v) is 7.15. The minimum absolute atomic E-state index is 0.0722. The molecule has 1 saturated heterocycles. The van der Waals surface area contributed by atoms with E-state index in [1.54, 1.807) is 32.9 Å². The fourth-order valence-electron chi connectivity index (χ4n) is 3.50. The molecule has 0 saturated carbocycles. The van der Waals surface area contributed by atoms with E-state index in [1.165, 1.54) is 6.08 Å². The van der Waals surface area contributed by atoms with Crippen molar-refractivity contribution in [2.45, 2.75) is 20.8 Å². The average Bonchev–Trinajstić information content (AvgIpc) is 3.06. The summed E-state index contributed by atoms with van der Waals surface area (Å²) in [6.45, 7) is 8.56. The summed E-state index contributed by atoms with van der Waals surface area (Å²) in [5, 5.41) is 12.3. The number of benzene rings is 1. The number of amides is 1. The molecule has 0 spiro atoms. The number of rotatable bonds is 6. The molecule has 0 unspecified atom stereocenters. The van der Waals surface area contributed by atoms with E-state index >= 15 is 0 Å². The van der Waals surface area contributed by atoms with Gasteiger partial charge in [0.2, 0.25) is 0 Å². The summed E-state index contributed by atoms with van der Waals surface area (Å²) in [6.07, 6.45) is 1.45. The van der Waals surface area contributed by atoms with Crippen LogP contribution in [0.3, 0.4) is 0 Å². The number of hydrogen-bond acceptors (Lipinski definition) is 6. The van der Waals surface area contributed by atoms with Crippen molar-refractivity contribution < 1.29 is 19.1 Å². The number of H-pyrrole nitrogens is 1. The smallest absolute Gasteiger partial charge is 0.340 e. The maximum Gasteiger partial charge on any atom is 0.340 e. The molecule has 3 rings (SSSR count). The predicted molar refractivity (Wildman–Crippen MR) is 118 cm³/mol. The van der Waals surface area contributed by atoms with Crippen LogP contribution in [0.25, 0.3) is 6.08 Å². The van der Waals surface area contributed by atoms with Crippen LogP contribution in [0.15, 0.2) is 29.8 Å². The molecule has 8 nitrogen and oxygen atoms in total. The number of aromatic nitrogens is 1. The highest BCUT2D eigenvalue weighted by atomic mass is 16.5. The Hall–Kier alpha value is -3.57. The van der Waals surface area contributed by atoms with Crippen LogP contribution in [-0.4, -0.2) is 49.8 Å². The number of aryl methyl sites for hydroxylation is 1. The summed E-state index contributed by atoms with van der Waals surface area (Å²) in [5.41, 5.74) is 3.78. The number of morpholine rings is 1. The van der Waals surface area contributed by atoms with Crippen molar-refractivity contribution in [2.24, 2.45) is 0 Å². The Morgan fingerprint density at radius 2 is 1.94 bits per heavy atom. The summed E-state index contributed by atoms with van der Waals surface area (Å²) in [6, 6.07) is 9.41. The lowest BCUT2D eigenvalue weighted by atomic mass is 10.1. The Kier molecular flexibility index (Phi) is 7.11. The summed E-state index contributed by atoms with van der Waals surface area (Å²) in [7, 11) is 0. The zero-order valence-corrected chi connectivity index (χ0v) is 17.9. The molecule has 8 heteroatoms. The van der Waals surface area contributed by atoms with E-state index in [9.17, 15) is 14.9 Å². The zero-order chi connectivity index (χ0) is 22.4. The fourth-order valence-corrected chi connectivity index (χ4v) is 3.50. The Bertz CT molecular complexity index is 1030. The molecule has 2 heterocycles. The first-order valence-corrected chi connectivity index (χ1v) is 10.2. The third-order valence-electron chi connectivity index (χ3n) is 5.11. The number of nitrogens with one attached hydrogen (secondary N) is 2. The standard InChI is InChI=1S/C23H26N4O4/c1-4-31-23(29)21-15(2)20(25-16(21)3)13-17(14-24)22(28)26-18-5-7-19(8-6-18)27-9-11-30-12-10-27/h5-8,13,25H,4,9-12H2,1-3H3,(H,26,28)/b17-13+. The Morgan fingerprint density at radius 3 is 2.55 bits per heavy atom. The van der Waals surface area contributed by atoms with Gasteiger partial charge in [-0.05, 0) is 56.7 Å². The highest BCUT2D eigenvalue weighted by molar-refractivity contribution is 6.10. The van der Waals surface area contributed by atoms with Crippen LogP contribution in [0.1, 0.15) is 34.2 Å². The molecule has 2 N–H and O–H groups in total. The molecular weight excluding hydrogens is 396 g/mol. The Balaban J connectivity index is 1.75. The number of hydrogen-bond donors (Lipinski definition) is 2. The number of nitrogens with zero attached hydrogens (tertiary/aromatic N) is 2. The van der Waals surface area contributed by atoms with Gasteiger partial charge in [-0.25, -0.2) is 4.79 Å². The van der Waals surface area contributed by atoms with Crippen LogP contribution in [0.4, 0.5) is 11.4 Å². The minimum Gasteiger partial charge on any atom is -0.462 e. The number of carbonyl (C=O) groups excluding carboxylic acids is 2. The van der Waals surface area contributed by atoms with Crippen molar-refractivity contribution in [1.29, 1.82) is 5.26 Å². The highest BCUT2D eigenvalue weighted by Gasteiger charge is 2.20. The number of carbonyl (C=O) groups is 2. The quantitative estimate of drug-likeness (QED) is 0.421. The Labute approximate surface area is 181 Å². The van der Waals surface area contributed by atoms with E-state index in [0.29, 0.717) is 41.4 Å². The molecule has 1 aromatic heterocycles. The van der Waals surface area contributed by atoms with E-state index in [1.807, 2.05) is 18.2 Å². The largest absolute Gasteiger partial charge is 0.462 e. The summed E-state index contributed by atoms with van der Waals surface area (Å²) in [4.78, 5) is 30.1. The van der Waals surface area contributed by atoms with Crippen LogP contribution in [-0.2, 0) is 14.3 Å². The van der Waals surface area contributed by atoms with Crippen molar-refractivity contribution in [3.05, 3.63) is 52.4 Å². The van der Waals surface area contributed by atoms with Gasteiger partial charge in [0.15, 0.2) is 0 Å². The van der Waals surface area contributed by atoms with Gasteiger partial charge in [0.05, 0.1) is 25.4 Å². The molecule has 1 aromatic carbocycles. The third kappa shape index (κ3) is 5.13. The second kappa shape index (κ2) is 9.96. The van der Waals surface area contributed by atoms with Crippen molar-refractivity contribution in [2.75, 3.05) is 43.1 Å². The Morgan fingerprint density at radius 1 is 1.26 bits per heavy atom. The summed E-state index contributed by atoms with van der Waals surface area (Å²) >= 11 is 0. The van der Waals surface area contributed by atoms with Crippen molar-refractivity contribution in [3.8, 4) is 6.07 Å². The van der Waals surface area contributed by atoms with Gasteiger partial charge in [-0.15, -0.1) is 0 Å². The van der Waals surface area contributed by atoms with E-state index in [-0.39, 0.29) is 12.2 Å². The van der Waals surface area contributed by atoms with E-state index < -0.39 is 11.9 Å². The van der Waals surface area contributed by atoms with Crippen LogP contribution in [0.2, 0.25) is 0 Å². The SMILES string of the molecule is CCOC(=O)c1c(C)[nH]c(/C=C(\C#N)C(=O)Nc2ccc(N3CCOCC3)cc2)c1C. The van der Waals surface area contributed by atoms with E-state index in [4.69, 9.17) is 9.47 Å². The molecule has 0 bridgehead atoms. The van der Waals surface area contributed by atoms with Gasteiger partial charge in [0, 0.05) is 35.9 Å². The average molecular weight is 422 g/mol. The number of esters is 1. The lowest BCUT2D eigenvalue weighted by Gasteiger charge is -2.28. The molecule has 2 aromatic rings. The molecule has 1 aliphatic heterocycles. The van der Waals surface area contributed by atoms with Gasteiger partial charge in [-0.3, -0.25) is 4.79 Å². The molecule has 1 fully saturated rings. The van der Waals surface area contributed by atoms with Gasteiger partial charge in [0.25, 0.3) is 5.91 Å². The lowest BCUT2D eigenvalue weighted by Crippen LogP contribution is -2.36. The van der Waals surface area contributed by atoms with Crippen molar-refractivity contribution in [3.63, 3.8) is 0 Å². The van der Waals surface area contributed by atoms with Crippen LogP contribution >= 0.6 is 0 Å². The summed E-state index contributed by atoms with van der Waals surface area (Å²) < 4.78 is 10.4. The lowest BCUT2D eigenvalue weighted by molar-refractivity contribution is -0.112.